The van der Waals surface area contributed by atoms with Crippen molar-refractivity contribution in [2.75, 3.05) is 7.11 Å². The first-order valence-corrected chi connectivity index (χ1v) is 6.72. The third kappa shape index (κ3) is 4.13. The van der Waals surface area contributed by atoms with Crippen molar-refractivity contribution >= 4 is 23.2 Å². The molecule has 2 aromatic carbocycles. The maximum atomic E-state index is 5.96. The molecule has 0 aromatic heterocycles. The van der Waals surface area contributed by atoms with Crippen LogP contribution in [-0.4, -0.2) is 7.11 Å². The fourth-order valence-electron chi connectivity index (χ4n) is 1.90. The molecule has 2 rings (SSSR count). The highest BCUT2D eigenvalue weighted by molar-refractivity contribution is 6.34. The second kappa shape index (κ2) is 6.80. The van der Waals surface area contributed by atoms with Crippen LogP contribution in [0, 0.1) is 0 Å². The molecule has 1 N–H and O–H groups in total. The van der Waals surface area contributed by atoms with Crippen molar-refractivity contribution in [2.24, 2.45) is 0 Å². The number of halogens is 2. The first-order chi connectivity index (χ1) is 9.19. The van der Waals surface area contributed by atoms with E-state index in [0.29, 0.717) is 16.6 Å². The van der Waals surface area contributed by atoms with Gasteiger partial charge in [-0.1, -0.05) is 41.4 Å². The summed E-state index contributed by atoms with van der Waals surface area (Å²) in [4.78, 5) is 0. The van der Waals surface area contributed by atoms with Crippen LogP contribution in [0.3, 0.4) is 0 Å². The van der Waals surface area contributed by atoms with Crippen LogP contribution in [0.4, 0.5) is 0 Å². The fraction of sp³-hybridized carbons (Fsp3) is 0.200. The van der Waals surface area contributed by atoms with Gasteiger partial charge in [0.2, 0.25) is 0 Å². The fourth-order valence-corrected chi connectivity index (χ4v) is 2.47. The smallest absolute Gasteiger partial charge is 0.123 e. The van der Waals surface area contributed by atoms with Crippen molar-refractivity contribution in [2.45, 2.75) is 13.1 Å². The molecule has 2 nitrogen and oxygen atoms in total. The van der Waals surface area contributed by atoms with E-state index in [1.165, 1.54) is 0 Å². The van der Waals surface area contributed by atoms with Gasteiger partial charge < -0.3 is 10.1 Å². The normalized spacial score (nSPS) is 10.5. The van der Waals surface area contributed by atoms with Crippen LogP contribution >= 0.6 is 23.2 Å². The molecule has 0 radical (unpaired) electrons. The summed E-state index contributed by atoms with van der Waals surface area (Å²) >= 11 is 11.9. The number of para-hydroxylation sites is 1. The number of rotatable bonds is 5. The van der Waals surface area contributed by atoms with Crippen LogP contribution in [0.2, 0.25) is 10.0 Å². The van der Waals surface area contributed by atoms with Crippen molar-refractivity contribution in [1.29, 1.82) is 0 Å². The molecule has 2 aromatic rings. The van der Waals surface area contributed by atoms with Gasteiger partial charge in [-0.3, -0.25) is 0 Å². The van der Waals surface area contributed by atoms with Gasteiger partial charge in [0.1, 0.15) is 5.75 Å². The number of nitrogens with one attached hydrogen (secondary N) is 1. The Bertz CT molecular complexity index is 537. The molecule has 0 aliphatic heterocycles. The molecule has 0 heterocycles. The topological polar surface area (TPSA) is 21.3 Å². The lowest BCUT2D eigenvalue weighted by atomic mass is 10.2. The van der Waals surface area contributed by atoms with Gasteiger partial charge in [-0.15, -0.1) is 0 Å². The van der Waals surface area contributed by atoms with Gasteiger partial charge in [0.05, 0.1) is 7.11 Å². The van der Waals surface area contributed by atoms with Crippen molar-refractivity contribution in [3.63, 3.8) is 0 Å². The Morgan fingerprint density at radius 3 is 2.37 bits per heavy atom. The van der Waals surface area contributed by atoms with Gasteiger partial charge >= 0.3 is 0 Å². The summed E-state index contributed by atoms with van der Waals surface area (Å²) in [6, 6.07) is 13.5. The molecule has 0 saturated carbocycles. The van der Waals surface area contributed by atoms with Gasteiger partial charge in [0, 0.05) is 28.7 Å². The molecule has 0 saturated heterocycles. The number of hydrogen-bond acceptors (Lipinski definition) is 2. The van der Waals surface area contributed by atoms with E-state index >= 15 is 0 Å². The summed E-state index contributed by atoms with van der Waals surface area (Å²) in [5, 5.41) is 4.66. The van der Waals surface area contributed by atoms with Crippen molar-refractivity contribution in [3.05, 3.63) is 63.6 Å². The third-order valence-corrected chi connectivity index (χ3v) is 3.20. The number of benzene rings is 2. The molecule has 4 heteroatoms. The lowest BCUT2D eigenvalue weighted by molar-refractivity contribution is 0.407. The zero-order valence-corrected chi connectivity index (χ0v) is 12.1. The predicted octanol–water partition coefficient (Wildman–Crippen LogP) is 4.29. The number of hydrogen-bond donors (Lipinski definition) is 1. The van der Waals surface area contributed by atoms with Crippen LogP contribution < -0.4 is 10.1 Å². The Balaban J connectivity index is 1.96. The van der Waals surface area contributed by atoms with Crippen molar-refractivity contribution in [1.82, 2.24) is 5.32 Å². The third-order valence-electron chi connectivity index (χ3n) is 2.76. The summed E-state index contributed by atoms with van der Waals surface area (Å²) in [6.07, 6.45) is 0. The molecule has 0 spiro atoms. The maximum Gasteiger partial charge on any atom is 0.123 e. The second-order valence-corrected chi connectivity index (χ2v) is 5.07. The summed E-state index contributed by atoms with van der Waals surface area (Å²) in [5.41, 5.74) is 2.19. The van der Waals surface area contributed by atoms with Crippen LogP contribution in [0.1, 0.15) is 11.1 Å². The quantitative estimate of drug-likeness (QED) is 0.888. The number of ether oxygens (including phenoxy) is 1. The molecule has 0 fully saturated rings. The zero-order valence-electron chi connectivity index (χ0n) is 10.6. The average Bonchev–Trinajstić information content (AvgIpc) is 2.38. The molecular formula is C15H15Cl2NO. The molecule has 0 aliphatic carbocycles. The minimum Gasteiger partial charge on any atom is -0.496 e. The lowest BCUT2D eigenvalue weighted by Crippen LogP contribution is -2.13. The first-order valence-electron chi connectivity index (χ1n) is 5.96. The largest absolute Gasteiger partial charge is 0.496 e. The lowest BCUT2D eigenvalue weighted by Gasteiger charge is -2.10. The van der Waals surface area contributed by atoms with Crippen LogP contribution in [0.15, 0.2) is 42.5 Å². The van der Waals surface area contributed by atoms with Gasteiger partial charge in [-0.25, -0.2) is 0 Å². The summed E-state index contributed by atoms with van der Waals surface area (Å²) < 4.78 is 5.30. The highest BCUT2D eigenvalue weighted by Gasteiger charge is 2.02. The van der Waals surface area contributed by atoms with E-state index < -0.39 is 0 Å². The first kappa shape index (κ1) is 14.2. The summed E-state index contributed by atoms with van der Waals surface area (Å²) in [6.45, 7) is 1.44. The summed E-state index contributed by atoms with van der Waals surface area (Å²) in [5.74, 6) is 0.888. The predicted molar refractivity (Wildman–Crippen MR) is 80.0 cm³/mol. The molecule has 0 amide bonds. The molecule has 0 aliphatic rings. The minimum absolute atomic E-state index is 0.654. The second-order valence-electron chi connectivity index (χ2n) is 4.19. The Morgan fingerprint density at radius 1 is 1.00 bits per heavy atom. The van der Waals surface area contributed by atoms with E-state index in [9.17, 15) is 0 Å². The van der Waals surface area contributed by atoms with E-state index in [4.69, 9.17) is 27.9 Å². The average molecular weight is 296 g/mol. The monoisotopic (exact) mass is 295 g/mol. The van der Waals surface area contributed by atoms with Gasteiger partial charge in [-0.2, -0.15) is 0 Å². The van der Waals surface area contributed by atoms with E-state index in [1.807, 2.05) is 36.4 Å². The molecule has 0 atom stereocenters. The Morgan fingerprint density at radius 2 is 1.68 bits per heavy atom. The SMILES string of the molecule is COc1ccccc1CNCc1cc(Cl)cc(Cl)c1. The van der Waals surface area contributed by atoms with Gasteiger partial charge in [0.25, 0.3) is 0 Å². The molecule has 0 unspecified atom stereocenters. The van der Waals surface area contributed by atoms with E-state index in [0.717, 1.165) is 23.4 Å². The highest BCUT2D eigenvalue weighted by Crippen LogP contribution is 2.20. The highest BCUT2D eigenvalue weighted by atomic mass is 35.5. The zero-order chi connectivity index (χ0) is 13.7. The molecular weight excluding hydrogens is 281 g/mol. The van der Waals surface area contributed by atoms with Gasteiger partial charge in [-0.05, 0) is 29.8 Å². The molecule has 19 heavy (non-hydrogen) atoms. The van der Waals surface area contributed by atoms with Gasteiger partial charge in [0.15, 0.2) is 0 Å². The van der Waals surface area contributed by atoms with E-state index in [2.05, 4.69) is 5.32 Å². The van der Waals surface area contributed by atoms with Crippen LogP contribution in [-0.2, 0) is 13.1 Å². The Labute approximate surface area is 123 Å². The Kier molecular flexibility index (Phi) is 5.08. The van der Waals surface area contributed by atoms with Crippen LogP contribution in [0.5, 0.6) is 5.75 Å². The Hall–Kier alpha value is -1.22. The van der Waals surface area contributed by atoms with E-state index in [-0.39, 0.29) is 0 Å². The van der Waals surface area contributed by atoms with E-state index in [1.54, 1.807) is 13.2 Å². The molecule has 100 valence electrons. The minimum atomic E-state index is 0.654. The number of methoxy groups -OCH3 is 1. The maximum absolute atomic E-state index is 5.96. The standard InChI is InChI=1S/C15H15Cl2NO/c1-19-15-5-3-2-4-12(15)10-18-9-11-6-13(16)8-14(17)7-11/h2-8,18H,9-10H2,1H3. The molecule has 0 bridgehead atoms. The van der Waals surface area contributed by atoms with Crippen molar-refractivity contribution < 1.29 is 4.74 Å². The van der Waals surface area contributed by atoms with Crippen LogP contribution in [0.25, 0.3) is 0 Å². The van der Waals surface area contributed by atoms with Crippen molar-refractivity contribution in [3.8, 4) is 5.75 Å². The summed E-state index contributed by atoms with van der Waals surface area (Å²) in [7, 11) is 1.68.